The molecular formula is C11H16N2O. The molecule has 3 nitrogen and oxygen atoms in total. The van der Waals surface area contributed by atoms with E-state index in [1.165, 1.54) is 11.1 Å². The average molecular weight is 192 g/mol. The Hall–Kier alpha value is -0.900. The fourth-order valence-electron chi connectivity index (χ4n) is 2.12. The topological polar surface area (TPSA) is 38.5 Å². The van der Waals surface area contributed by atoms with E-state index in [1.54, 1.807) is 7.11 Å². The van der Waals surface area contributed by atoms with Crippen LogP contribution < -0.4 is 5.73 Å². The van der Waals surface area contributed by atoms with Crippen molar-refractivity contribution in [3.8, 4) is 0 Å². The van der Waals surface area contributed by atoms with Crippen molar-refractivity contribution in [3.05, 3.63) is 35.4 Å². The van der Waals surface area contributed by atoms with E-state index >= 15 is 0 Å². The van der Waals surface area contributed by atoms with Crippen LogP contribution in [0.15, 0.2) is 24.3 Å². The molecule has 1 aliphatic rings. The van der Waals surface area contributed by atoms with E-state index in [2.05, 4.69) is 12.1 Å². The maximum atomic E-state index is 6.05. The number of nitrogens with two attached hydrogens (primary N) is 1. The molecule has 0 fully saturated rings. The zero-order valence-electron chi connectivity index (χ0n) is 8.60. The zero-order valence-corrected chi connectivity index (χ0v) is 8.60. The maximum Gasteiger partial charge on any atom is 0.0620 e. The van der Waals surface area contributed by atoms with Gasteiger partial charge in [-0.25, -0.2) is 0 Å². The summed E-state index contributed by atoms with van der Waals surface area (Å²) in [6.07, 6.45) is 0.934. The van der Waals surface area contributed by atoms with Crippen LogP contribution in [0.4, 0.5) is 0 Å². The van der Waals surface area contributed by atoms with E-state index in [0.717, 1.165) is 6.42 Å². The van der Waals surface area contributed by atoms with Crippen molar-refractivity contribution in [1.82, 2.24) is 5.06 Å². The minimum Gasteiger partial charge on any atom is -0.324 e. The molecule has 1 aromatic carbocycles. The lowest BCUT2D eigenvalue weighted by molar-refractivity contribution is -0.142. The van der Waals surface area contributed by atoms with Gasteiger partial charge < -0.3 is 10.6 Å². The molecule has 3 heteroatoms. The van der Waals surface area contributed by atoms with Crippen LogP contribution in [0.5, 0.6) is 0 Å². The minimum absolute atomic E-state index is 0.147. The first-order valence-electron chi connectivity index (χ1n) is 4.85. The van der Waals surface area contributed by atoms with Crippen molar-refractivity contribution in [3.63, 3.8) is 0 Å². The third-order valence-electron chi connectivity index (χ3n) is 2.96. The summed E-state index contributed by atoms with van der Waals surface area (Å²) in [7, 11) is 3.63. The molecule has 0 radical (unpaired) electrons. The number of hydroxylamine groups is 2. The molecule has 0 amide bonds. The van der Waals surface area contributed by atoms with Gasteiger partial charge in [-0.15, -0.1) is 0 Å². The van der Waals surface area contributed by atoms with Gasteiger partial charge in [0.2, 0.25) is 0 Å². The highest BCUT2D eigenvalue weighted by molar-refractivity contribution is 5.37. The Balaban J connectivity index is 2.34. The van der Waals surface area contributed by atoms with Crippen molar-refractivity contribution >= 4 is 0 Å². The van der Waals surface area contributed by atoms with Gasteiger partial charge in [0, 0.05) is 13.1 Å². The monoisotopic (exact) mass is 192 g/mol. The van der Waals surface area contributed by atoms with Crippen LogP contribution in [0, 0.1) is 0 Å². The van der Waals surface area contributed by atoms with E-state index in [0.29, 0.717) is 6.04 Å². The van der Waals surface area contributed by atoms with Gasteiger partial charge in [-0.1, -0.05) is 24.3 Å². The zero-order chi connectivity index (χ0) is 10.1. The molecule has 0 bridgehead atoms. The summed E-state index contributed by atoms with van der Waals surface area (Å²) in [5, 5.41) is 1.87. The Morgan fingerprint density at radius 3 is 2.64 bits per heavy atom. The number of fused-ring (bicyclic) bond motifs is 1. The summed E-state index contributed by atoms with van der Waals surface area (Å²) in [5.74, 6) is 0. The first-order valence-corrected chi connectivity index (χ1v) is 4.85. The molecule has 76 valence electrons. The second kappa shape index (κ2) is 3.69. The smallest absolute Gasteiger partial charge is 0.0620 e. The molecular weight excluding hydrogens is 176 g/mol. The van der Waals surface area contributed by atoms with Crippen molar-refractivity contribution in [2.75, 3.05) is 14.2 Å². The summed E-state index contributed by atoms with van der Waals surface area (Å²) in [5.41, 5.74) is 8.59. The Morgan fingerprint density at radius 2 is 2.00 bits per heavy atom. The van der Waals surface area contributed by atoms with Gasteiger partial charge in [-0.3, -0.25) is 0 Å². The molecule has 0 aromatic heterocycles. The fourth-order valence-corrected chi connectivity index (χ4v) is 2.12. The summed E-state index contributed by atoms with van der Waals surface area (Å²) in [4.78, 5) is 5.22. The van der Waals surface area contributed by atoms with Gasteiger partial charge in [-0.2, -0.15) is 5.06 Å². The predicted octanol–water partition coefficient (Wildman–Crippen LogP) is 1.62. The van der Waals surface area contributed by atoms with Crippen molar-refractivity contribution in [2.45, 2.75) is 18.5 Å². The molecule has 2 unspecified atom stereocenters. The second-order valence-electron chi connectivity index (χ2n) is 3.72. The lowest BCUT2D eigenvalue weighted by atomic mass is 10.1. The molecule has 2 rings (SSSR count). The number of benzene rings is 1. The highest BCUT2D eigenvalue weighted by Crippen LogP contribution is 2.39. The molecule has 0 saturated carbocycles. The average Bonchev–Trinajstić information content (AvgIpc) is 2.56. The van der Waals surface area contributed by atoms with Crippen LogP contribution >= 0.6 is 0 Å². The first-order chi connectivity index (χ1) is 6.74. The lowest BCUT2D eigenvalue weighted by Gasteiger charge is -2.22. The highest BCUT2D eigenvalue weighted by Gasteiger charge is 2.30. The maximum absolute atomic E-state index is 6.05. The van der Waals surface area contributed by atoms with Crippen LogP contribution in [-0.2, 0) is 4.84 Å². The van der Waals surface area contributed by atoms with Crippen molar-refractivity contribution < 1.29 is 4.84 Å². The molecule has 2 atom stereocenters. The molecule has 1 aromatic rings. The number of nitrogens with zero attached hydrogens (tertiary/aromatic N) is 1. The van der Waals surface area contributed by atoms with Gasteiger partial charge in [0.1, 0.15) is 0 Å². The second-order valence-corrected chi connectivity index (χ2v) is 3.72. The van der Waals surface area contributed by atoms with E-state index in [-0.39, 0.29) is 6.04 Å². The summed E-state index contributed by atoms with van der Waals surface area (Å²) >= 11 is 0. The Labute approximate surface area is 84.4 Å². The van der Waals surface area contributed by atoms with Crippen LogP contribution in [0.25, 0.3) is 0 Å². The molecule has 14 heavy (non-hydrogen) atoms. The van der Waals surface area contributed by atoms with E-state index < -0.39 is 0 Å². The predicted molar refractivity (Wildman–Crippen MR) is 55.5 cm³/mol. The van der Waals surface area contributed by atoms with Crippen LogP contribution in [0.1, 0.15) is 29.6 Å². The van der Waals surface area contributed by atoms with Crippen molar-refractivity contribution in [2.24, 2.45) is 5.73 Å². The van der Waals surface area contributed by atoms with Gasteiger partial charge in [0.25, 0.3) is 0 Å². The summed E-state index contributed by atoms with van der Waals surface area (Å²) < 4.78 is 0. The highest BCUT2D eigenvalue weighted by atomic mass is 16.7. The number of hydrogen-bond acceptors (Lipinski definition) is 3. The first kappa shape index (κ1) is 9.65. The Kier molecular flexibility index (Phi) is 2.54. The van der Waals surface area contributed by atoms with Crippen LogP contribution in [-0.4, -0.2) is 19.2 Å². The van der Waals surface area contributed by atoms with Gasteiger partial charge in [-0.05, 0) is 17.5 Å². The third kappa shape index (κ3) is 1.43. The molecule has 0 spiro atoms. The lowest BCUT2D eigenvalue weighted by Crippen LogP contribution is -2.22. The summed E-state index contributed by atoms with van der Waals surface area (Å²) in [6.45, 7) is 0. The SMILES string of the molecule is CON(C)C1CC(N)c2ccccc21. The number of hydrogen-bond donors (Lipinski definition) is 1. The quantitative estimate of drug-likeness (QED) is 0.724. The third-order valence-corrected chi connectivity index (χ3v) is 2.96. The number of rotatable bonds is 2. The molecule has 1 aliphatic carbocycles. The summed E-state index contributed by atoms with van der Waals surface area (Å²) in [6, 6.07) is 8.76. The van der Waals surface area contributed by atoms with E-state index in [4.69, 9.17) is 10.6 Å². The molecule has 2 N–H and O–H groups in total. The largest absolute Gasteiger partial charge is 0.324 e. The van der Waals surface area contributed by atoms with E-state index in [9.17, 15) is 0 Å². The molecule has 0 saturated heterocycles. The van der Waals surface area contributed by atoms with Gasteiger partial charge in [0.05, 0.1) is 13.2 Å². The van der Waals surface area contributed by atoms with Gasteiger partial charge in [0.15, 0.2) is 0 Å². The molecule has 0 aliphatic heterocycles. The minimum atomic E-state index is 0.147. The Morgan fingerprint density at radius 1 is 1.36 bits per heavy atom. The Bertz CT molecular complexity index is 327. The van der Waals surface area contributed by atoms with Gasteiger partial charge >= 0.3 is 0 Å². The van der Waals surface area contributed by atoms with E-state index in [1.807, 2.05) is 24.2 Å². The standard InChI is InChI=1S/C11H16N2O/c1-13(14-2)11-7-10(12)8-5-3-4-6-9(8)11/h3-6,10-11H,7,12H2,1-2H3. The van der Waals surface area contributed by atoms with Crippen LogP contribution in [0.3, 0.4) is 0 Å². The fraction of sp³-hybridized carbons (Fsp3) is 0.455. The van der Waals surface area contributed by atoms with Crippen LogP contribution in [0.2, 0.25) is 0 Å². The molecule has 0 heterocycles. The normalized spacial score (nSPS) is 25.4. The van der Waals surface area contributed by atoms with Crippen molar-refractivity contribution in [1.29, 1.82) is 0 Å².